The molecule has 0 aliphatic carbocycles. The van der Waals surface area contributed by atoms with Gasteiger partial charge < -0.3 is 10.3 Å². The second-order valence-electron chi connectivity index (χ2n) is 2.39. The standard InChI is InChI=1S/C8H11N3S/c1-3-4-9-7-5-8(12)11-6(2)10-7/h3,5H,1,4H2,2H3,(H2,9,10,11,12). The number of hydrogen-bond donors (Lipinski definition) is 2. The molecule has 0 saturated carbocycles. The van der Waals surface area contributed by atoms with Gasteiger partial charge in [-0.2, -0.15) is 0 Å². The molecule has 0 unspecified atom stereocenters. The first-order chi connectivity index (χ1) is 5.72. The van der Waals surface area contributed by atoms with Gasteiger partial charge in [0.2, 0.25) is 0 Å². The first-order valence-electron chi connectivity index (χ1n) is 3.65. The Balaban J connectivity index is 2.85. The van der Waals surface area contributed by atoms with E-state index in [0.29, 0.717) is 11.2 Å². The lowest BCUT2D eigenvalue weighted by atomic mass is 10.5. The van der Waals surface area contributed by atoms with E-state index >= 15 is 0 Å². The Morgan fingerprint density at radius 2 is 2.58 bits per heavy atom. The van der Waals surface area contributed by atoms with Gasteiger partial charge in [0.25, 0.3) is 0 Å². The maximum absolute atomic E-state index is 4.94. The number of rotatable bonds is 3. The summed E-state index contributed by atoms with van der Waals surface area (Å²) in [4.78, 5) is 7.08. The number of anilines is 1. The summed E-state index contributed by atoms with van der Waals surface area (Å²) in [6.07, 6.45) is 1.78. The molecule has 0 bridgehead atoms. The maximum atomic E-state index is 4.94. The fraction of sp³-hybridized carbons (Fsp3) is 0.250. The largest absolute Gasteiger partial charge is 0.368 e. The second kappa shape index (κ2) is 4.01. The van der Waals surface area contributed by atoms with Gasteiger partial charge in [0, 0.05) is 12.6 Å². The zero-order chi connectivity index (χ0) is 8.97. The zero-order valence-corrected chi connectivity index (χ0v) is 7.74. The van der Waals surface area contributed by atoms with Crippen LogP contribution in [0.1, 0.15) is 5.82 Å². The zero-order valence-electron chi connectivity index (χ0n) is 6.92. The van der Waals surface area contributed by atoms with Crippen LogP contribution in [0.2, 0.25) is 0 Å². The van der Waals surface area contributed by atoms with Crippen LogP contribution in [0.25, 0.3) is 0 Å². The first kappa shape index (κ1) is 8.93. The van der Waals surface area contributed by atoms with Crippen LogP contribution in [-0.2, 0) is 0 Å². The van der Waals surface area contributed by atoms with Crippen LogP contribution in [0.5, 0.6) is 0 Å². The van der Waals surface area contributed by atoms with E-state index in [1.165, 1.54) is 0 Å². The minimum absolute atomic E-state index is 0.595. The number of hydrogen-bond acceptors (Lipinski definition) is 3. The van der Waals surface area contributed by atoms with Gasteiger partial charge in [-0.25, -0.2) is 4.98 Å². The quantitative estimate of drug-likeness (QED) is 0.554. The van der Waals surface area contributed by atoms with Gasteiger partial charge in [0.05, 0.1) is 0 Å². The molecule has 12 heavy (non-hydrogen) atoms. The summed E-state index contributed by atoms with van der Waals surface area (Å²) >= 11 is 4.94. The number of nitrogens with one attached hydrogen (secondary N) is 2. The smallest absolute Gasteiger partial charge is 0.131 e. The molecule has 0 saturated heterocycles. The predicted octanol–water partition coefficient (Wildman–Crippen LogP) is 2.05. The molecule has 0 aliphatic heterocycles. The first-order valence-corrected chi connectivity index (χ1v) is 4.06. The molecule has 3 nitrogen and oxygen atoms in total. The van der Waals surface area contributed by atoms with Crippen molar-refractivity contribution < 1.29 is 0 Å². The van der Waals surface area contributed by atoms with Gasteiger partial charge in [-0.1, -0.05) is 18.3 Å². The Morgan fingerprint density at radius 3 is 3.17 bits per heavy atom. The molecule has 1 heterocycles. The monoisotopic (exact) mass is 181 g/mol. The number of aromatic amines is 1. The van der Waals surface area contributed by atoms with E-state index < -0.39 is 0 Å². The SMILES string of the molecule is C=CCNc1cc(=S)nc(C)[nH]1. The van der Waals surface area contributed by atoms with Crippen molar-refractivity contribution in [3.05, 3.63) is 29.2 Å². The van der Waals surface area contributed by atoms with Crippen LogP contribution in [0.4, 0.5) is 5.82 Å². The number of H-pyrrole nitrogens is 1. The van der Waals surface area contributed by atoms with Crippen molar-refractivity contribution >= 4 is 18.0 Å². The third-order valence-corrected chi connectivity index (χ3v) is 1.51. The summed E-state index contributed by atoms with van der Waals surface area (Å²) in [5, 5.41) is 3.10. The Kier molecular flexibility index (Phi) is 2.99. The Bertz CT molecular complexity index is 329. The minimum Gasteiger partial charge on any atom is -0.368 e. The summed E-state index contributed by atoms with van der Waals surface area (Å²) in [5.74, 6) is 1.70. The van der Waals surface area contributed by atoms with E-state index in [4.69, 9.17) is 12.2 Å². The summed E-state index contributed by atoms with van der Waals surface area (Å²) in [7, 11) is 0. The van der Waals surface area contributed by atoms with Crippen molar-refractivity contribution in [3.63, 3.8) is 0 Å². The highest BCUT2D eigenvalue weighted by Crippen LogP contribution is 2.01. The minimum atomic E-state index is 0.595. The van der Waals surface area contributed by atoms with Crippen LogP contribution in [0, 0.1) is 11.6 Å². The van der Waals surface area contributed by atoms with Gasteiger partial charge in [0.1, 0.15) is 16.3 Å². The summed E-state index contributed by atoms with van der Waals surface area (Å²) in [6.45, 7) is 6.19. The van der Waals surface area contributed by atoms with Gasteiger partial charge in [0.15, 0.2) is 0 Å². The molecule has 0 aliphatic rings. The van der Waals surface area contributed by atoms with Gasteiger partial charge in [-0.05, 0) is 6.92 Å². The Labute approximate surface area is 76.5 Å². The van der Waals surface area contributed by atoms with Crippen molar-refractivity contribution in [2.45, 2.75) is 6.92 Å². The van der Waals surface area contributed by atoms with E-state index in [2.05, 4.69) is 21.9 Å². The third-order valence-electron chi connectivity index (χ3n) is 1.30. The fourth-order valence-electron chi connectivity index (χ4n) is 0.857. The number of aromatic nitrogens is 2. The number of aryl methyl sites for hydroxylation is 1. The van der Waals surface area contributed by atoms with E-state index in [9.17, 15) is 0 Å². The van der Waals surface area contributed by atoms with Crippen molar-refractivity contribution in [1.82, 2.24) is 9.97 Å². The molecule has 0 amide bonds. The molecule has 4 heteroatoms. The normalized spacial score (nSPS) is 9.42. The predicted molar refractivity (Wildman–Crippen MR) is 52.8 cm³/mol. The van der Waals surface area contributed by atoms with Gasteiger partial charge in [-0.3, -0.25) is 0 Å². The Morgan fingerprint density at radius 1 is 1.83 bits per heavy atom. The van der Waals surface area contributed by atoms with Crippen LogP contribution in [0.15, 0.2) is 18.7 Å². The molecule has 0 atom stereocenters. The van der Waals surface area contributed by atoms with Gasteiger partial charge >= 0.3 is 0 Å². The lowest BCUT2D eigenvalue weighted by Crippen LogP contribution is -2.01. The molecular weight excluding hydrogens is 170 g/mol. The van der Waals surface area contributed by atoms with Crippen LogP contribution in [-0.4, -0.2) is 16.5 Å². The highest BCUT2D eigenvalue weighted by atomic mass is 32.1. The molecule has 0 radical (unpaired) electrons. The lowest BCUT2D eigenvalue weighted by Gasteiger charge is -2.03. The highest BCUT2D eigenvalue weighted by molar-refractivity contribution is 7.71. The van der Waals surface area contributed by atoms with E-state index in [-0.39, 0.29) is 0 Å². The van der Waals surface area contributed by atoms with Crippen molar-refractivity contribution in [2.75, 3.05) is 11.9 Å². The molecule has 1 rings (SSSR count). The van der Waals surface area contributed by atoms with Crippen LogP contribution < -0.4 is 5.32 Å². The summed E-state index contributed by atoms with van der Waals surface area (Å²) in [6, 6.07) is 1.78. The summed E-state index contributed by atoms with van der Waals surface area (Å²) < 4.78 is 0.595. The van der Waals surface area contributed by atoms with Crippen molar-refractivity contribution in [2.24, 2.45) is 0 Å². The average Bonchev–Trinajstić information content (AvgIpc) is 1.99. The lowest BCUT2D eigenvalue weighted by molar-refractivity contribution is 1.03. The Hall–Kier alpha value is -1.16. The molecule has 0 fully saturated rings. The molecular formula is C8H11N3S. The van der Waals surface area contributed by atoms with Gasteiger partial charge in [-0.15, -0.1) is 6.58 Å². The van der Waals surface area contributed by atoms with Crippen molar-refractivity contribution in [1.29, 1.82) is 0 Å². The van der Waals surface area contributed by atoms with Crippen LogP contribution >= 0.6 is 12.2 Å². The third kappa shape index (κ3) is 2.47. The van der Waals surface area contributed by atoms with E-state index in [1.54, 1.807) is 12.1 Å². The second-order valence-corrected chi connectivity index (χ2v) is 2.81. The van der Waals surface area contributed by atoms with Crippen LogP contribution in [0.3, 0.4) is 0 Å². The molecule has 0 spiro atoms. The molecule has 1 aromatic rings. The van der Waals surface area contributed by atoms with E-state index in [1.807, 2.05) is 6.92 Å². The summed E-state index contributed by atoms with van der Waals surface area (Å²) in [5.41, 5.74) is 0. The topological polar surface area (TPSA) is 40.7 Å². The highest BCUT2D eigenvalue weighted by Gasteiger charge is 1.91. The molecule has 64 valence electrons. The van der Waals surface area contributed by atoms with Crippen molar-refractivity contribution in [3.8, 4) is 0 Å². The molecule has 0 aromatic carbocycles. The molecule has 1 aromatic heterocycles. The fourth-order valence-corrected chi connectivity index (χ4v) is 1.11. The average molecular weight is 181 g/mol. The number of nitrogens with zero attached hydrogens (tertiary/aromatic N) is 1. The maximum Gasteiger partial charge on any atom is 0.131 e. The molecule has 2 N–H and O–H groups in total. The van der Waals surface area contributed by atoms with E-state index in [0.717, 1.165) is 11.6 Å².